The van der Waals surface area contributed by atoms with Crippen molar-refractivity contribution in [1.82, 2.24) is 10.2 Å². The number of hydrogen-bond acceptors (Lipinski definition) is 7. The van der Waals surface area contributed by atoms with Crippen LogP contribution in [-0.4, -0.2) is 71.2 Å². The van der Waals surface area contributed by atoms with Crippen molar-refractivity contribution in [3.63, 3.8) is 0 Å². The zero-order valence-corrected chi connectivity index (χ0v) is 16.1. The van der Waals surface area contributed by atoms with Gasteiger partial charge < -0.3 is 19.9 Å². The smallest absolute Gasteiger partial charge is 0.331 e. The number of rotatable bonds is 8. The zero-order valence-electron chi connectivity index (χ0n) is 15.3. The summed E-state index contributed by atoms with van der Waals surface area (Å²) in [6.07, 6.45) is 0.829. The third-order valence-corrected chi connectivity index (χ3v) is 5.73. The monoisotopic (exact) mass is 383 g/mol. The van der Waals surface area contributed by atoms with Crippen molar-refractivity contribution in [3.05, 3.63) is 18.2 Å². The number of ether oxygens (including phenoxy) is 1. The van der Waals surface area contributed by atoms with Gasteiger partial charge in [-0.1, -0.05) is 6.92 Å². The fourth-order valence-electron chi connectivity index (χ4n) is 2.59. The first-order chi connectivity index (χ1) is 12.2. The van der Waals surface area contributed by atoms with Crippen LogP contribution in [0.1, 0.15) is 13.3 Å². The van der Waals surface area contributed by atoms with E-state index in [9.17, 15) is 18.0 Å². The highest BCUT2D eigenvalue weighted by Gasteiger charge is 2.27. The van der Waals surface area contributed by atoms with E-state index in [1.54, 1.807) is 17.9 Å². The quantitative estimate of drug-likeness (QED) is 0.391. The Bertz CT molecular complexity index is 777. The minimum Gasteiger partial charge on any atom is -0.423 e. The van der Waals surface area contributed by atoms with E-state index in [-0.39, 0.29) is 35.4 Å². The van der Waals surface area contributed by atoms with E-state index in [0.29, 0.717) is 12.2 Å². The normalized spacial score (nSPS) is 14.2. The Morgan fingerprint density at radius 3 is 2.73 bits per heavy atom. The number of nitrogens with one attached hydrogen (secondary N) is 1. The van der Waals surface area contributed by atoms with Crippen LogP contribution in [0.2, 0.25) is 0 Å². The van der Waals surface area contributed by atoms with Crippen LogP contribution in [0.25, 0.3) is 0 Å². The SMILES string of the molecule is CCS(=O)(=O)c1ccc2c(c1)OC(=O)CN2CC(=O)NCCCN(C)C. The van der Waals surface area contributed by atoms with E-state index in [0.717, 1.165) is 13.0 Å². The van der Waals surface area contributed by atoms with Gasteiger partial charge in [-0.25, -0.2) is 13.2 Å². The molecule has 0 saturated heterocycles. The molecule has 1 amide bonds. The van der Waals surface area contributed by atoms with E-state index in [2.05, 4.69) is 5.32 Å². The number of carbonyl (C=O) groups excluding carboxylic acids is 2. The van der Waals surface area contributed by atoms with Crippen LogP contribution >= 0.6 is 0 Å². The van der Waals surface area contributed by atoms with Gasteiger partial charge in [0.1, 0.15) is 6.54 Å². The van der Waals surface area contributed by atoms with Gasteiger partial charge in [-0.05, 0) is 39.2 Å². The molecule has 0 radical (unpaired) electrons. The zero-order chi connectivity index (χ0) is 19.3. The number of esters is 1. The number of benzene rings is 1. The van der Waals surface area contributed by atoms with Crippen molar-refractivity contribution >= 4 is 27.4 Å². The molecule has 0 aliphatic carbocycles. The topological polar surface area (TPSA) is 96.0 Å². The summed E-state index contributed by atoms with van der Waals surface area (Å²) in [5.41, 5.74) is 0.531. The molecule has 1 aliphatic heterocycles. The van der Waals surface area contributed by atoms with Gasteiger partial charge in [-0.3, -0.25) is 4.79 Å². The van der Waals surface area contributed by atoms with Crippen LogP contribution in [-0.2, 0) is 19.4 Å². The number of carbonyl (C=O) groups is 2. The molecule has 8 nitrogen and oxygen atoms in total. The van der Waals surface area contributed by atoms with Crippen molar-refractivity contribution in [2.24, 2.45) is 0 Å². The second kappa shape index (κ2) is 8.50. The van der Waals surface area contributed by atoms with Gasteiger partial charge >= 0.3 is 5.97 Å². The Kier molecular flexibility index (Phi) is 6.60. The molecule has 0 unspecified atom stereocenters. The minimum atomic E-state index is -3.40. The van der Waals surface area contributed by atoms with Gasteiger partial charge in [0.2, 0.25) is 5.91 Å². The summed E-state index contributed by atoms with van der Waals surface area (Å²) in [6.45, 7) is 2.92. The lowest BCUT2D eigenvalue weighted by atomic mass is 10.2. The number of fused-ring (bicyclic) bond motifs is 1. The number of anilines is 1. The third kappa shape index (κ3) is 5.18. The van der Waals surface area contributed by atoms with Crippen LogP contribution in [0.15, 0.2) is 23.1 Å². The molecular weight excluding hydrogens is 358 g/mol. The summed E-state index contributed by atoms with van der Waals surface area (Å²) >= 11 is 0. The minimum absolute atomic E-state index is 0.00391. The summed E-state index contributed by atoms with van der Waals surface area (Å²) in [7, 11) is 0.522. The average molecular weight is 383 g/mol. The second-order valence-corrected chi connectivity index (χ2v) is 8.65. The standard InChI is InChI=1S/C17H25N3O5S/c1-4-26(23,24)13-6-7-14-15(10-13)25-17(22)12-20(14)11-16(21)18-8-5-9-19(2)3/h6-7,10H,4-5,8-9,11-12H2,1-3H3,(H,18,21). The number of nitrogens with zero attached hydrogens (tertiary/aromatic N) is 2. The molecule has 0 aromatic heterocycles. The Hall–Kier alpha value is -2.13. The lowest BCUT2D eigenvalue weighted by Gasteiger charge is -2.29. The molecule has 1 heterocycles. The molecule has 1 aromatic rings. The second-order valence-electron chi connectivity index (χ2n) is 6.37. The molecule has 144 valence electrons. The van der Waals surface area contributed by atoms with E-state index >= 15 is 0 Å². The third-order valence-electron chi connectivity index (χ3n) is 3.99. The fourth-order valence-corrected chi connectivity index (χ4v) is 3.48. The average Bonchev–Trinajstić information content (AvgIpc) is 2.57. The van der Waals surface area contributed by atoms with Gasteiger partial charge in [0.15, 0.2) is 15.6 Å². The Labute approximate surface area is 154 Å². The van der Waals surface area contributed by atoms with Crippen molar-refractivity contribution < 1.29 is 22.7 Å². The Morgan fingerprint density at radius 2 is 2.08 bits per heavy atom. The molecule has 0 spiro atoms. The predicted octanol–water partition coefficient (Wildman–Crippen LogP) is 0.274. The van der Waals surface area contributed by atoms with Crippen molar-refractivity contribution in [2.45, 2.75) is 18.2 Å². The van der Waals surface area contributed by atoms with E-state index in [1.807, 2.05) is 19.0 Å². The van der Waals surface area contributed by atoms with Gasteiger partial charge in [-0.15, -0.1) is 0 Å². The lowest BCUT2D eigenvalue weighted by molar-refractivity contribution is -0.133. The lowest BCUT2D eigenvalue weighted by Crippen LogP contribution is -2.43. The maximum Gasteiger partial charge on any atom is 0.331 e. The molecule has 0 saturated carbocycles. The van der Waals surface area contributed by atoms with Crippen LogP contribution in [0.4, 0.5) is 5.69 Å². The summed E-state index contributed by atoms with van der Waals surface area (Å²) in [5, 5.41) is 2.82. The van der Waals surface area contributed by atoms with Crippen molar-refractivity contribution in [3.8, 4) is 5.75 Å². The van der Waals surface area contributed by atoms with Crippen LogP contribution in [0, 0.1) is 0 Å². The summed E-state index contributed by atoms with van der Waals surface area (Å²) in [6, 6.07) is 4.38. The first-order valence-electron chi connectivity index (χ1n) is 8.47. The fraction of sp³-hybridized carbons (Fsp3) is 0.529. The van der Waals surface area contributed by atoms with Crippen LogP contribution < -0.4 is 15.0 Å². The molecule has 26 heavy (non-hydrogen) atoms. The highest BCUT2D eigenvalue weighted by molar-refractivity contribution is 7.91. The molecule has 0 atom stereocenters. The molecule has 1 aliphatic rings. The molecular formula is C17H25N3O5S. The first kappa shape index (κ1) is 20.2. The summed E-state index contributed by atoms with van der Waals surface area (Å²) < 4.78 is 29.2. The molecule has 0 bridgehead atoms. The molecule has 1 N–H and O–H groups in total. The largest absolute Gasteiger partial charge is 0.423 e. The van der Waals surface area contributed by atoms with Gasteiger partial charge in [-0.2, -0.15) is 0 Å². The van der Waals surface area contributed by atoms with E-state index in [4.69, 9.17) is 4.74 Å². The highest BCUT2D eigenvalue weighted by Crippen LogP contribution is 2.34. The van der Waals surface area contributed by atoms with Crippen LogP contribution in [0.3, 0.4) is 0 Å². The molecule has 1 aromatic carbocycles. The predicted molar refractivity (Wildman–Crippen MR) is 98.2 cm³/mol. The summed E-state index contributed by atoms with van der Waals surface area (Å²) in [5.74, 6) is -0.603. The van der Waals surface area contributed by atoms with Crippen LogP contribution in [0.5, 0.6) is 5.75 Å². The van der Waals surface area contributed by atoms with Crippen molar-refractivity contribution in [2.75, 3.05) is 50.9 Å². The first-order valence-corrected chi connectivity index (χ1v) is 10.1. The highest BCUT2D eigenvalue weighted by atomic mass is 32.2. The maximum atomic E-state index is 12.1. The maximum absolute atomic E-state index is 12.1. The van der Waals surface area contributed by atoms with Crippen molar-refractivity contribution in [1.29, 1.82) is 0 Å². The Morgan fingerprint density at radius 1 is 1.35 bits per heavy atom. The Balaban J connectivity index is 2.08. The number of amides is 1. The molecule has 0 fully saturated rings. The van der Waals surface area contributed by atoms with Gasteiger partial charge in [0.25, 0.3) is 0 Å². The summed E-state index contributed by atoms with van der Waals surface area (Å²) in [4.78, 5) is 27.7. The van der Waals surface area contributed by atoms with E-state index < -0.39 is 15.8 Å². The van der Waals surface area contributed by atoms with Gasteiger partial charge in [0.05, 0.1) is 22.9 Å². The number of sulfone groups is 1. The molecule has 9 heteroatoms. The van der Waals surface area contributed by atoms with Gasteiger partial charge in [0, 0.05) is 12.6 Å². The molecule has 2 rings (SSSR count). The number of hydrogen-bond donors (Lipinski definition) is 1. The van der Waals surface area contributed by atoms with E-state index in [1.165, 1.54) is 12.1 Å².